The van der Waals surface area contributed by atoms with Crippen molar-refractivity contribution in [3.8, 4) is 10.6 Å². The molecule has 1 aromatic carbocycles. The number of aromatic nitrogens is 2. The van der Waals surface area contributed by atoms with Crippen LogP contribution >= 0.6 is 11.3 Å². The maximum atomic E-state index is 5.46. The van der Waals surface area contributed by atoms with Crippen LogP contribution in [0.15, 0.2) is 59.5 Å². The summed E-state index contributed by atoms with van der Waals surface area (Å²) >= 11 is 1.62. The number of benzene rings is 1. The smallest absolute Gasteiger partial charge is 0.151 e. The van der Waals surface area contributed by atoms with Gasteiger partial charge in [-0.3, -0.25) is 0 Å². The van der Waals surface area contributed by atoms with Gasteiger partial charge in [-0.2, -0.15) is 0 Å². The van der Waals surface area contributed by atoms with Crippen molar-refractivity contribution in [1.29, 1.82) is 0 Å². The molecule has 0 spiro atoms. The third-order valence-electron chi connectivity index (χ3n) is 3.36. The molecular formula is C17H13N3OS. The average molecular weight is 307 g/mol. The molecule has 0 aliphatic carbocycles. The molecule has 0 fully saturated rings. The number of fused-ring (bicyclic) bond motifs is 1. The number of hydrogen-bond acceptors (Lipinski definition) is 5. The summed E-state index contributed by atoms with van der Waals surface area (Å²) in [7, 11) is 0. The largest absolute Gasteiger partial charge is 0.464 e. The zero-order valence-electron chi connectivity index (χ0n) is 11.9. The van der Waals surface area contributed by atoms with Gasteiger partial charge in [0.25, 0.3) is 0 Å². The van der Waals surface area contributed by atoms with Gasteiger partial charge >= 0.3 is 0 Å². The Bertz CT molecular complexity index is 928. The summed E-state index contributed by atoms with van der Waals surface area (Å²) in [5.41, 5.74) is 3.15. The zero-order valence-corrected chi connectivity index (χ0v) is 12.7. The highest BCUT2D eigenvalue weighted by molar-refractivity contribution is 7.22. The maximum absolute atomic E-state index is 5.46. The van der Waals surface area contributed by atoms with Crippen LogP contribution in [0.5, 0.6) is 0 Å². The van der Waals surface area contributed by atoms with Crippen molar-refractivity contribution in [3.63, 3.8) is 0 Å². The lowest BCUT2D eigenvalue weighted by molar-refractivity contribution is 0.584. The Morgan fingerprint density at radius 2 is 2.05 bits per heavy atom. The molecule has 0 aliphatic heterocycles. The summed E-state index contributed by atoms with van der Waals surface area (Å²) in [6, 6.07) is 14.1. The molecule has 0 aliphatic rings. The Balaban J connectivity index is 1.78. The fourth-order valence-electron chi connectivity index (χ4n) is 2.34. The predicted molar refractivity (Wildman–Crippen MR) is 89.6 cm³/mol. The highest BCUT2D eigenvalue weighted by Gasteiger charge is 2.11. The Kier molecular flexibility index (Phi) is 3.12. The van der Waals surface area contributed by atoms with Crippen LogP contribution in [-0.4, -0.2) is 9.97 Å². The molecular weight excluding hydrogens is 294 g/mol. The number of nitrogens with one attached hydrogen (secondary N) is 1. The molecule has 1 N–H and O–H groups in total. The molecule has 0 saturated heterocycles. The molecule has 0 unspecified atom stereocenters. The lowest BCUT2D eigenvalue weighted by Crippen LogP contribution is -1.94. The number of anilines is 2. The summed E-state index contributed by atoms with van der Waals surface area (Å²) < 4.78 is 6.49. The molecule has 5 heteroatoms. The van der Waals surface area contributed by atoms with E-state index in [2.05, 4.69) is 34.3 Å². The molecule has 0 bridgehead atoms. The Morgan fingerprint density at radius 1 is 1.09 bits per heavy atom. The Hall–Kier alpha value is -2.66. The number of thiophene rings is 1. The van der Waals surface area contributed by atoms with Crippen LogP contribution in [0.4, 0.5) is 11.5 Å². The van der Waals surface area contributed by atoms with Gasteiger partial charge in [0.2, 0.25) is 0 Å². The molecule has 4 aromatic rings. The highest BCUT2D eigenvalue weighted by atomic mass is 32.1. The number of nitrogens with zero attached hydrogens (tertiary/aromatic N) is 2. The number of rotatable bonds is 3. The minimum Gasteiger partial charge on any atom is -0.464 e. The SMILES string of the molecule is Cc1cccc(Nc2ncnc3cc(-c4ccco4)sc23)c1. The van der Waals surface area contributed by atoms with Gasteiger partial charge in [0.15, 0.2) is 5.82 Å². The molecule has 22 heavy (non-hydrogen) atoms. The van der Waals surface area contributed by atoms with E-state index in [4.69, 9.17) is 4.42 Å². The first kappa shape index (κ1) is 13.0. The number of aryl methyl sites for hydroxylation is 1. The van der Waals surface area contributed by atoms with Crippen LogP contribution in [0.25, 0.3) is 20.9 Å². The first-order chi connectivity index (χ1) is 10.8. The molecule has 0 atom stereocenters. The van der Waals surface area contributed by atoms with Crippen molar-refractivity contribution >= 4 is 33.1 Å². The van der Waals surface area contributed by atoms with Crippen LogP contribution < -0.4 is 5.32 Å². The molecule has 108 valence electrons. The van der Waals surface area contributed by atoms with E-state index in [1.807, 2.05) is 30.3 Å². The van der Waals surface area contributed by atoms with E-state index >= 15 is 0 Å². The Morgan fingerprint density at radius 3 is 2.86 bits per heavy atom. The van der Waals surface area contributed by atoms with Gasteiger partial charge in [-0.05, 0) is 42.8 Å². The van der Waals surface area contributed by atoms with Crippen LogP contribution in [0.3, 0.4) is 0 Å². The van der Waals surface area contributed by atoms with Crippen molar-refractivity contribution in [2.24, 2.45) is 0 Å². The second kappa shape index (κ2) is 5.27. The van der Waals surface area contributed by atoms with E-state index in [-0.39, 0.29) is 0 Å². The van der Waals surface area contributed by atoms with Crippen LogP contribution in [0.1, 0.15) is 5.56 Å². The molecule has 0 amide bonds. The summed E-state index contributed by atoms with van der Waals surface area (Å²) in [5.74, 6) is 1.67. The van der Waals surface area contributed by atoms with E-state index in [1.54, 1.807) is 23.9 Å². The predicted octanol–water partition coefficient (Wildman–Crippen LogP) is 5.00. The minimum atomic E-state index is 0.818. The summed E-state index contributed by atoms with van der Waals surface area (Å²) in [4.78, 5) is 9.78. The van der Waals surface area contributed by atoms with Crippen molar-refractivity contribution in [1.82, 2.24) is 9.97 Å². The normalized spacial score (nSPS) is 11.0. The molecule has 0 saturated carbocycles. The lowest BCUT2D eigenvalue weighted by atomic mass is 10.2. The monoisotopic (exact) mass is 307 g/mol. The molecule has 3 heterocycles. The summed E-state index contributed by atoms with van der Waals surface area (Å²) in [6.45, 7) is 2.07. The van der Waals surface area contributed by atoms with E-state index in [1.165, 1.54) is 5.56 Å². The fraction of sp³-hybridized carbons (Fsp3) is 0.0588. The van der Waals surface area contributed by atoms with E-state index in [9.17, 15) is 0 Å². The van der Waals surface area contributed by atoms with E-state index in [0.29, 0.717) is 0 Å². The number of hydrogen-bond donors (Lipinski definition) is 1. The van der Waals surface area contributed by atoms with Crippen molar-refractivity contribution < 1.29 is 4.42 Å². The van der Waals surface area contributed by atoms with E-state index in [0.717, 1.165) is 32.4 Å². The van der Waals surface area contributed by atoms with Crippen LogP contribution in [0.2, 0.25) is 0 Å². The second-order valence-electron chi connectivity index (χ2n) is 5.02. The third-order valence-corrected chi connectivity index (χ3v) is 4.50. The molecule has 4 nitrogen and oxygen atoms in total. The average Bonchev–Trinajstić information content (AvgIpc) is 3.17. The van der Waals surface area contributed by atoms with Crippen LogP contribution in [0, 0.1) is 6.92 Å². The Labute approximate surface area is 131 Å². The second-order valence-corrected chi connectivity index (χ2v) is 6.07. The van der Waals surface area contributed by atoms with Crippen molar-refractivity contribution in [2.75, 3.05) is 5.32 Å². The lowest BCUT2D eigenvalue weighted by Gasteiger charge is -2.06. The topological polar surface area (TPSA) is 51.0 Å². The summed E-state index contributed by atoms with van der Waals surface area (Å²) in [6.07, 6.45) is 3.26. The number of furan rings is 1. The molecule has 0 radical (unpaired) electrons. The summed E-state index contributed by atoms with van der Waals surface area (Å²) in [5, 5.41) is 3.38. The molecule has 4 rings (SSSR count). The van der Waals surface area contributed by atoms with Crippen molar-refractivity contribution in [2.45, 2.75) is 6.92 Å². The maximum Gasteiger partial charge on any atom is 0.151 e. The van der Waals surface area contributed by atoms with Gasteiger partial charge in [-0.1, -0.05) is 12.1 Å². The van der Waals surface area contributed by atoms with Gasteiger partial charge in [0, 0.05) is 5.69 Å². The standard InChI is InChI=1S/C17H13N3OS/c1-11-4-2-5-12(8-11)20-17-16-13(18-10-19-17)9-15(22-16)14-6-3-7-21-14/h2-10H,1H3,(H,18,19,20). The fourth-order valence-corrected chi connectivity index (χ4v) is 3.37. The minimum absolute atomic E-state index is 0.818. The van der Waals surface area contributed by atoms with Crippen LogP contribution in [-0.2, 0) is 0 Å². The van der Waals surface area contributed by atoms with Gasteiger partial charge in [0.1, 0.15) is 12.1 Å². The van der Waals surface area contributed by atoms with Gasteiger partial charge in [-0.25, -0.2) is 9.97 Å². The first-order valence-corrected chi connectivity index (χ1v) is 7.73. The highest BCUT2D eigenvalue weighted by Crippen LogP contribution is 2.36. The molecule has 3 aromatic heterocycles. The van der Waals surface area contributed by atoms with Crippen molar-refractivity contribution in [3.05, 3.63) is 60.6 Å². The van der Waals surface area contributed by atoms with Gasteiger partial charge in [-0.15, -0.1) is 11.3 Å². The zero-order chi connectivity index (χ0) is 14.9. The third kappa shape index (κ3) is 2.35. The quantitative estimate of drug-likeness (QED) is 0.578. The van der Waals surface area contributed by atoms with Gasteiger partial charge in [0.05, 0.1) is 21.4 Å². The van der Waals surface area contributed by atoms with E-state index < -0.39 is 0 Å². The first-order valence-electron chi connectivity index (χ1n) is 6.92. The van der Waals surface area contributed by atoms with Gasteiger partial charge < -0.3 is 9.73 Å².